The molecule has 0 amide bonds. The van der Waals surface area contributed by atoms with Crippen molar-refractivity contribution in [3.63, 3.8) is 0 Å². The molecule has 0 aliphatic rings. The van der Waals surface area contributed by atoms with Gasteiger partial charge in [0.1, 0.15) is 0 Å². The van der Waals surface area contributed by atoms with Gasteiger partial charge in [-0.3, -0.25) is 0 Å². The lowest BCUT2D eigenvalue weighted by molar-refractivity contribution is 0.288. The smallest absolute Gasteiger partial charge is 0.161 e. The molecule has 0 aliphatic carbocycles. The molecule has 2 nitrogen and oxygen atoms in total. The zero-order chi connectivity index (χ0) is 11.1. The van der Waals surface area contributed by atoms with Crippen molar-refractivity contribution in [3.8, 4) is 11.5 Å². The second-order valence-corrected chi connectivity index (χ2v) is 3.32. The van der Waals surface area contributed by atoms with E-state index in [2.05, 4.69) is 13.5 Å². The van der Waals surface area contributed by atoms with Crippen LogP contribution in [0.1, 0.15) is 25.3 Å². The fraction of sp³-hybridized carbons (Fsp3) is 0.385. The van der Waals surface area contributed by atoms with Crippen molar-refractivity contribution in [1.82, 2.24) is 0 Å². The second-order valence-electron chi connectivity index (χ2n) is 3.32. The third kappa shape index (κ3) is 3.31. The highest BCUT2D eigenvalue weighted by molar-refractivity contribution is 5.54. The molecule has 0 spiro atoms. The van der Waals surface area contributed by atoms with Gasteiger partial charge in [0.2, 0.25) is 0 Å². The normalized spacial score (nSPS) is 9.73. The van der Waals surface area contributed by atoms with Crippen LogP contribution in [-0.2, 0) is 0 Å². The molecular formula is C13H18O2. The van der Waals surface area contributed by atoms with Gasteiger partial charge < -0.3 is 9.47 Å². The van der Waals surface area contributed by atoms with Crippen LogP contribution in [0.3, 0.4) is 0 Å². The van der Waals surface area contributed by atoms with Gasteiger partial charge >= 0.3 is 0 Å². The van der Waals surface area contributed by atoms with E-state index in [0.29, 0.717) is 0 Å². The highest BCUT2D eigenvalue weighted by Crippen LogP contribution is 2.28. The first-order valence-electron chi connectivity index (χ1n) is 5.25. The molecule has 0 N–H and O–H groups in total. The van der Waals surface area contributed by atoms with Crippen LogP contribution in [0, 0.1) is 0 Å². The fourth-order valence-electron chi connectivity index (χ4n) is 1.26. The van der Waals surface area contributed by atoms with Gasteiger partial charge in [-0.05, 0) is 24.1 Å². The Labute approximate surface area is 91.5 Å². The zero-order valence-electron chi connectivity index (χ0n) is 9.45. The molecule has 1 aromatic rings. The second kappa shape index (κ2) is 6.12. The van der Waals surface area contributed by atoms with E-state index in [-0.39, 0.29) is 0 Å². The largest absolute Gasteiger partial charge is 0.493 e. The quantitative estimate of drug-likeness (QED) is 0.663. The van der Waals surface area contributed by atoms with Crippen molar-refractivity contribution in [2.45, 2.75) is 19.8 Å². The lowest BCUT2D eigenvalue weighted by atomic mass is 10.2. The van der Waals surface area contributed by atoms with Crippen molar-refractivity contribution in [2.75, 3.05) is 13.7 Å². The molecule has 0 unspecified atom stereocenters. The minimum Gasteiger partial charge on any atom is -0.493 e. The maximum atomic E-state index is 5.61. The van der Waals surface area contributed by atoms with Crippen LogP contribution >= 0.6 is 0 Å². The van der Waals surface area contributed by atoms with Gasteiger partial charge in [-0.25, -0.2) is 0 Å². The Morgan fingerprint density at radius 3 is 2.73 bits per heavy atom. The van der Waals surface area contributed by atoms with E-state index >= 15 is 0 Å². The van der Waals surface area contributed by atoms with Gasteiger partial charge in [0.15, 0.2) is 11.5 Å². The van der Waals surface area contributed by atoms with Gasteiger partial charge in [0, 0.05) is 0 Å². The Morgan fingerprint density at radius 1 is 1.33 bits per heavy atom. The average molecular weight is 206 g/mol. The Kier molecular flexibility index (Phi) is 4.75. The summed E-state index contributed by atoms with van der Waals surface area (Å²) >= 11 is 0. The van der Waals surface area contributed by atoms with E-state index in [9.17, 15) is 0 Å². The minimum absolute atomic E-state index is 0.736. The summed E-state index contributed by atoms with van der Waals surface area (Å²) in [5.74, 6) is 1.57. The molecule has 0 heterocycles. The predicted molar refractivity (Wildman–Crippen MR) is 63.5 cm³/mol. The fourth-order valence-corrected chi connectivity index (χ4v) is 1.26. The Bertz CT molecular complexity index is 318. The Balaban J connectivity index is 2.73. The zero-order valence-corrected chi connectivity index (χ0v) is 9.45. The summed E-state index contributed by atoms with van der Waals surface area (Å²) in [4.78, 5) is 0. The van der Waals surface area contributed by atoms with Crippen molar-refractivity contribution in [2.24, 2.45) is 0 Å². The number of unbranched alkanes of at least 4 members (excludes halogenated alkanes) is 1. The molecule has 0 atom stereocenters. The van der Waals surface area contributed by atoms with Crippen LogP contribution in [0.5, 0.6) is 11.5 Å². The van der Waals surface area contributed by atoms with Crippen LogP contribution in [0.15, 0.2) is 24.8 Å². The van der Waals surface area contributed by atoms with Gasteiger partial charge in [-0.15, -0.1) is 0 Å². The van der Waals surface area contributed by atoms with E-state index in [1.54, 1.807) is 13.2 Å². The van der Waals surface area contributed by atoms with Gasteiger partial charge in [0.25, 0.3) is 0 Å². The summed E-state index contributed by atoms with van der Waals surface area (Å²) in [6.45, 7) is 6.59. The first-order chi connectivity index (χ1) is 7.31. The molecule has 82 valence electrons. The van der Waals surface area contributed by atoms with Gasteiger partial charge in [-0.1, -0.05) is 32.1 Å². The molecule has 15 heavy (non-hydrogen) atoms. The Hall–Kier alpha value is -1.44. The highest BCUT2D eigenvalue weighted by atomic mass is 16.5. The molecule has 1 rings (SSSR count). The molecular weight excluding hydrogens is 188 g/mol. The molecule has 0 saturated heterocycles. The van der Waals surface area contributed by atoms with E-state index in [0.717, 1.165) is 36.5 Å². The van der Waals surface area contributed by atoms with Gasteiger partial charge in [0.05, 0.1) is 13.7 Å². The third-order valence-corrected chi connectivity index (χ3v) is 2.18. The summed E-state index contributed by atoms with van der Waals surface area (Å²) in [6, 6.07) is 5.82. The molecule has 0 bridgehead atoms. The topological polar surface area (TPSA) is 18.5 Å². The molecule has 0 radical (unpaired) electrons. The molecule has 0 saturated carbocycles. The number of methoxy groups -OCH3 is 1. The van der Waals surface area contributed by atoms with Crippen LogP contribution in [0.2, 0.25) is 0 Å². The lowest BCUT2D eigenvalue weighted by Crippen LogP contribution is -1.98. The van der Waals surface area contributed by atoms with Gasteiger partial charge in [-0.2, -0.15) is 0 Å². The van der Waals surface area contributed by atoms with Crippen molar-refractivity contribution >= 4 is 6.08 Å². The minimum atomic E-state index is 0.736. The van der Waals surface area contributed by atoms with Crippen LogP contribution in [0.25, 0.3) is 6.08 Å². The van der Waals surface area contributed by atoms with E-state index in [4.69, 9.17) is 9.47 Å². The highest BCUT2D eigenvalue weighted by Gasteiger charge is 2.03. The molecule has 0 aromatic heterocycles. The number of hydrogen-bond acceptors (Lipinski definition) is 2. The monoisotopic (exact) mass is 206 g/mol. The molecule has 0 aliphatic heterocycles. The maximum absolute atomic E-state index is 5.61. The van der Waals surface area contributed by atoms with Crippen LogP contribution in [0.4, 0.5) is 0 Å². The van der Waals surface area contributed by atoms with Crippen molar-refractivity contribution in [3.05, 3.63) is 30.3 Å². The third-order valence-electron chi connectivity index (χ3n) is 2.18. The summed E-state index contributed by atoms with van der Waals surface area (Å²) < 4.78 is 10.9. The average Bonchev–Trinajstić information content (AvgIpc) is 2.29. The van der Waals surface area contributed by atoms with Crippen LogP contribution < -0.4 is 9.47 Å². The SMILES string of the molecule is C=Cc1ccc(OCCCC)c(OC)c1. The van der Waals surface area contributed by atoms with Crippen molar-refractivity contribution < 1.29 is 9.47 Å². The number of rotatable bonds is 6. The van der Waals surface area contributed by atoms with E-state index in [1.807, 2.05) is 18.2 Å². The summed E-state index contributed by atoms with van der Waals surface area (Å²) in [7, 11) is 1.65. The van der Waals surface area contributed by atoms with E-state index in [1.165, 1.54) is 0 Å². The number of ether oxygens (including phenoxy) is 2. The summed E-state index contributed by atoms with van der Waals surface area (Å²) in [5, 5.41) is 0. The van der Waals surface area contributed by atoms with Crippen LogP contribution in [-0.4, -0.2) is 13.7 Å². The summed E-state index contributed by atoms with van der Waals surface area (Å²) in [5.41, 5.74) is 1.04. The number of hydrogen-bond donors (Lipinski definition) is 0. The molecule has 2 heteroatoms. The number of benzene rings is 1. The molecule has 0 fully saturated rings. The lowest BCUT2D eigenvalue weighted by Gasteiger charge is -2.10. The maximum Gasteiger partial charge on any atom is 0.161 e. The van der Waals surface area contributed by atoms with E-state index < -0.39 is 0 Å². The summed E-state index contributed by atoms with van der Waals surface area (Å²) in [6.07, 6.45) is 3.98. The van der Waals surface area contributed by atoms with Crippen molar-refractivity contribution in [1.29, 1.82) is 0 Å². The predicted octanol–water partition coefficient (Wildman–Crippen LogP) is 3.52. The Morgan fingerprint density at radius 2 is 2.13 bits per heavy atom. The first kappa shape index (κ1) is 11.6. The standard InChI is InChI=1S/C13H18O2/c1-4-6-9-15-12-8-7-11(5-2)10-13(12)14-3/h5,7-8,10H,2,4,6,9H2,1,3H3. The molecule has 1 aromatic carbocycles. The first-order valence-corrected chi connectivity index (χ1v) is 5.25.